The number of fused-ring (bicyclic) bond motifs is 1. The number of nitrogens with zero attached hydrogens (tertiary/aromatic N) is 4. The summed E-state index contributed by atoms with van der Waals surface area (Å²) in [4.78, 5) is 27.6. The van der Waals surface area contributed by atoms with Gasteiger partial charge in [-0.15, -0.1) is 0 Å². The zero-order valence-electron chi connectivity index (χ0n) is 15.4. The molecule has 2 aromatic heterocycles. The second-order valence-corrected chi connectivity index (χ2v) is 7.33. The fraction of sp³-hybridized carbons (Fsp3) is 0.500. The van der Waals surface area contributed by atoms with E-state index in [1.54, 1.807) is 12.4 Å². The molecule has 0 bridgehead atoms. The summed E-state index contributed by atoms with van der Waals surface area (Å²) in [6, 6.07) is 4.09. The van der Waals surface area contributed by atoms with Crippen molar-refractivity contribution >= 4 is 11.7 Å². The molecule has 2 atom stereocenters. The Kier molecular flexibility index (Phi) is 4.57. The van der Waals surface area contributed by atoms with Crippen LogP contribution < -0.4 is 5.32 Å². The molecule has 6 nitrogen and oxygen atoms in total. The number of rotatable bonds is 4. The van der Waals surface area contributed by atoms with E-state index in [9.17, 15) is 4.79 Å². The third-order valence-electron chi connectivity index (χ3n) is 5.57. The van der Waals surface area contributed by atoms with Gasteiger partial charge in [0.25, 0.3) is 0 Å². The molecule has 2 aromatic rings. The van der Waals surface area contributed by atoms with Crippen molar-refractivity contribution in [3.8, 4) is 0 Å². The summed E-state index contributed by atoms with van der Waals surface area (Å²) >= 11 is 0. The summed E-state index contributed by atoms with van der Waals surface area (Å²) in [5.74, 6) is 2.19. The van der Waals surface area contributed by atoms with Crippen molar-refractivity contribution < 1.29 is 4.79 Å². The SMILES string of the molecule is Cc1nc2c(c(NC[C@@H]3CC(=O)N(C)[C@H]3c3ccncc3)n1)CCCC2. The first-order valence-corrected chi connectivity index (χ1v) is 9.39. The van der Waals surface area contributed by atoms with Crippen molar-refractivity contribution in [2.45, 2.75) is 45.1 Å². The average Bonchev–Trinajstić information content (AvgIpc) is 2.94. The van der Waals surface area contributed by atoms with Crippen LogP contribution in [0.5, 0.6) is 0 Å². The predicted molar refractivity (Wildman–Crippen MR) is 99.8 cm³/mol. The van der Waals surface area contributed by atoms with E-state index in [0.29, 0.717) is 6.42 Å². The minimum absolute atomic E-state index is 0.0803. The Bertz CT molecular complexity index is 807. The molecular formula is C20H25N5O. The fourth-order valence-corrected chi connectivity index (χ4v) is 4.28. The van der Waals surface area contributed by atoms with E-state index in [1.165, 1.54) is 24.1 Å². The maximum atomic E-state index is 12.3. The van der Waals surface area contributed by atoms with Crippen LogP contribution >= 0.6 is 0 Å². The molecule has 0 saturated carbocycles. The van der Waals surface area contributed by atoms with Crippen LogP contribution in [0.4, 0.5) is 5.82 Å². The molecule has 0 spiro atoms. The molecule has 4 rings (SSSR count). The summed E-state index contributed by atoms with van der Waals surface area (Å²) in [5, 5.41) is 3.55. The summed E-state index contributed by atoms with van der Waals surface area (Å²) in [6.07, 6.45) is 8.62. The number of aromatic nitrogens is 3. The predicted octanol–water partition coefficient (Wildman–Crippen LogP) is 2.69. The van der Waals surface area contributed by atoms with Crippen molar-refractivity contribution in [3.05, 3.63) is 47.2 Å². The van der Waals surface area contributed by atoms with Gasteiger partial charge in [-0.1, -0.05) is 0 Å². The number of amides is 1. The van der Waals surface area contributed by atoms with E-state index in [4.69, 9.17) is 0 Å². The van der Waals surface area contributed by atoms with Crippen LogP contribution in [0.15, 0.2) is 24.5 Å². The third kappa shape index (κ3) is 3.16. The molecule has 1 aliphatic heterocycles. The van der Waals surface area contributed by atoms with Gasteiger partial charge in [0, 0.05) is 49.6 Å². The van der Waals surface area contributed by atoms with Gasteiger partial charge in [0.15, 0.2) is 0 Å². The molecule has 1 fully saturated rings. The molecule has 1 amide bonds. The van der Waals surface area contributed by atoms with Crippen molar-refractivity contribution in [2.75, 3.05) is 18.9 Å². The lowest BCUT2D eigenvalue weighted by atomic mass is 9.93. The Balaban J connectivity index is 1.56. The molecule has 1 aliphatic carbocycles. The number of pyridine rings is 1. The Morgan fingerprint density at radius 2 is 1.96 bits per heavy atom. The molecule has 1 saturated heterocycles. The van der Waals surface area contributed by atoms with Gasteiger partial charge in [-0.25, -0.2) is 9.97 Å². The van der Waals surface area contributed by atoms with E-state index >= 15 is 0 Å². The smallest absolute Gasteiger partial charge is 0.223 e. The van der Waals surface area contributed by atoms with E-state index in [0.717, 1.165) is 36.6 Å². The van der Waals surface area contributed by atoms with Gasteiger partial charge in [0.05, 0.1) is 6.04 Å². The Morgan fingerprint density at radius 3 is 2.77 bits per heavy atom. The monoisotopic (exact) mass is 351 g/mol. The highest BCUT2D eigenvalue weighted by Gasteiger charge is 2.38. The van der Waals surface area contributed by atoms with E-state index in [1.807, 2.05) is 31.0 Å². The first-order valence-electron chi connectivity index (χ1n) is 9.39. The summed E-state index contributed by atoms with van der Waals surface area (Å²) < 4.78 is 0. The molecular weight excluding hydrogens is 326 g/mol. The molecule has 0 radical (unpaired) electrons. The van der Waals surface area contributed by atoms with Gasteiger partial charge in [0.2, 0.25) is 5.91 Å². The Morgan fingerprint density at radius 1 is 1.19 bits per heavy atom. The second-order valence-electron chi connectivity index (χ2n) is 7.33. The normalized spacial score (nSPS) is 22.4. The van der Waals surface area contributed by atoms with Crippen LogP contribution in [-0.2, 0) is 17.6 Å². The number of hydrogen-bond acceptors (Lipinski definition) is 5. The molecule has 6 heteroatoms. The Labute approximate surface area is 154 Å². The number of hydrogen-bond donors (Lipinski definition) is 1. The quantitative estimate of drug-likeness (QED) is 0.917. The number of anilines is 1. The van der Waals surface area contributed by atoms with Gasteiger partial charge in [-0.3, -0.25) is 9.78 Å². The first kappa shape index (κ1) is 16.9. The lowest BCUT2D eigenvalue weighted by molar-refractivity contribution is -0.127. The maximum Gasteiger partial charge on any atom is 0.223 e. The molecule has 2 aliphatic rings. The molecule has 26 heavy (non-hydrogen) atoms. The van der Waals surface area contributed by atoms with Crippen LogP contribution in [0.3, 0.4) is 0 Å². The van der Waals surface area contributed by atoms with Crippen LogP contribution in [0.1, 0.15) is 47.9 Å². The lowest BCUT2D eigenvalue weighted by Gasteiger charge is -2.26. The van der Waals surface area contributed by atoms with Crippen molar-refractivity contribution in [3.63, 3.8) is 0 Å². The van der Waals surface area contributed by atoms with Crippen molar-refractivity contribution in [1.29, 1.82) is 0 Å². The van der Waals surface area contributed by atoms with Crippen LogP contribution in [0.2, 0.25) is 0 Å². The van der Waals surface area contributed by atoms with Gasteiger partial charge >= 0.3 is 0 Å². The number of nitrogens with one attached hydrogen (secondary N) is 1. The minimum Gasteiger partial charge on any atom is -0.369 e. The van der Waals surface area contributed by atoms with Crippen LogP contribution in [0, 0.1) is 12.8 Å². The summed E-state index contributed by atoms with van der Waals surface area (Å²) in [5.41, 5.74) is 3.59. The van der Waals surface area contributed by atoms with Gasteiger partial charge in [-0.2, -0.15) is 0 Å². The number of aryl methyl sites for hydroxylation is 2. The van der Waals surface area contributed by atoms with E-state index in [2.05, 4.69) is 20.3 Å². The molecule has 0 aromatic carbocycles. The highest BCUT2D eigenvalue weighted by molar-refractivity contribution is 5.79. The largest absolute Gasteiger partial charge is 0.369 e. The highest BCUT2D eigenvalue weighted by Crippen LogP contribution is 2.37. The van der Waals surface area contributed by atoms with Gasteiger partial charge < -0.3 is 10.2 Å². The highest BCUT2D eigenvalue weighted by atomic mass is 16.2. The zero-order chi connectivity index (χ0) is 18.1. The number of carbonyl (C=O) groups is 1. The summed E-state index contributed by atoms with van der Waals surface area (Å²) in [7, 11) is 1.89. The second kappa shape index (κ2) is 7.02. The molecule has 136 valence electrons. The van der Waals surface area contributed by atoms with Crippen molar-refractivity contribution in [1.82, 2.24) is 19.9 Å². The molecule has 1 N–H and O–H groups in total. The maximum absolute atomic E-state index is 12.3. The summed E-state index contributed by atoms with van der Waals surface area (Å²) in [6.45, 7) is 2.68. The lowest BCUT2D eigenvalue weighted by Crippen LogP contribution is -2.27. The van der Waals surface area contributed by atoms with Crippen molar-refractivity contribution in [2.24, 2.45) is 5.92 Å². The van der Waals surface area contributed by atoms with Gasteiger partial charge in [0.1, 0.15) is 11.6 Å². The van der Waals surface area contributed by atoms with Crippen LogP contribution in [-0.4, -0.2) is 39.4 Å². The third-order valence-corrected chi connectivity index (χ3v) is 5.57. The van der Waals surface area contributed by atoms with E-state index < -0.39 is 0 Å². The molecule has 3 heterocycles. The fourth-order valence-electron chi connectivity index (χ4n) is 4.28. The Hall–Kier alpha value is -2.50. The topological polar surface area (TPSA) is 71.0 Å². The first-order chi connectivity index (χ1) is 12.6. The number of carbonyl (C=O) groups excluding carboxylic acids is 1. The number of likely N-dealkylation sites (tertiary alicyclic amines) is 1. The average molecular weight is 351 g/mol. The van der Waals surface area contributed by atoms with Crippen LogP contribution in [0.25, 0.3) is 0 Å². The zero-order valence-corrected chi connectivity index (χ0v) is 15.4. The standard InChI is InChI=1S/C20H25N5O/c1-13-23-17-6-4-3-5-16(17)20(24-13)22-12-15-11-18(26)25(2)19(15)14-7-9-21-10-8-14/h7-10,15,19H,3-6,11-12H2,1-2H3,(H,22,23,24)/t15-,19-/m0/s1. The molecule has 0 unspecified atom stereocenters. The van der Waals surface area contributed by atoms with E-state index in [-0.39, 0.29) is 17.9 Å². The van der Waals surface area contributed by atoms with Gasteiger partial charge in [-0.05, 0) is 50.3 Å². The minimum atomic E-state index is 0.0803.